The van der Waals surface area contributed by atoms with Gasteiger partial charge in [-0.3, -0.25) is 14.5 Å². The number of aliphatic carboxylic acids is 1. The minimum absolute atomic E-state index is 0.222. The van der Waals surface area contributed by atoms with Crippen LogP contribution in [0.4, 0.5) is 0 Å². The molecule has 1 aliphatic heterocycles. The molecule has 2 rings (SSSR count). The predicted molar refractivity (Wildman–Crippen MR) is 105 cm³/mol. The van der Waals surface area contributed by atoms with Crippen LogP contribution >= 0.6 is 24.0 Å². The van der Waals surface area contributed by atoms with E-state index in [2.05, 4.69) is 5.32 Å². The van der Waals surface area contributed by atoms with Crippen molar-refractivity contribution >= 4 is 52.2 Å². The highest BCUT2D eigenvalue weighted by Gasteiger charge is 2.34. The molecular formula is C18H20N2O4S2. The van der Waals surface area contributed by atoms with Gasteiger partial charge in [0.1, 0.15) is 16.9 Å². The zero-order chi connectivity index (χ0) is 19.3. The van der Waals surface area contributed by atoms with Crippen molar-refractivity contribution in [2.45, 2.75) is 26.3 Å². The molecule has 2 amide bonds. The van der Waals surface area contributed by atoms with Crippen LogP contribution in [0, 0.1) is 5.92 Å². The van der Waals surface area contributed by atoms with Gasteiger partial charge in [-0.15, -0.1) is 0 Å². The molecule has 138 valence electrons. The number of thioether (sulfide) groups is 1. The molecular weight excluding hydrogens is 372 g/mol. The summed E-state index contributed by atoms with van der Waals surface area (Å²) in [7, 11) is 0. The number of amides is 2. The number of carbonyl (C=O) groups is 3. The number of nitrogens with zero attached hydrogens (tertiary/aromatic N) is 1. The second kappa shape index (κ2) is 8.95. The van der Waals surface area contributed by atoms with Crippen molar-refractivity contribution in [1.82, 2.24) is 10.2 Å². The Kier molecular flexibility index (Phi) is 6.93. The smallest absolute Gasteiger partial charge is 0.326 e. The van der Waals surface area contributed by atoms with E-state index in [4.69, 9.17) is 12.2 Å². The van der Waals surface area contributed by atoms with Crippen molar-refractivity contribution in [3.8, 4) is 0 Å². The molecule has 0 aliphatic carbocycles. The van der Waals surface area contributed by atoms with E-state index in [0.717, 1.165) is 17.3 Å². The minimum atomic E-state index is -1.10. The molecule has 0 spiro atoms. The lowest BCUT2D eigenvalue weighted by atomic mass is 9.99. The van der Waals surface area contributed by atoms with Crippen molar-refractivity contribution in [3.05, 3.63) is 40.8 Å². The summed E-state index contributed by atoms with van der Waals surface area (Å²) in [6.07, 6.45) is 2.33. The molecule has 1 aromatic carbocycles. The van der Waals surface area contributed by atoms with Gasteiger partial charge in [0.25, 0.3) is 5.91 Å². The van der Waals surface area contributed by atoms with Gasteiger partial charge in [-0.2, -0.15) is 0 Å². The lowest BCUT2D eigenvalue weighted by molar-refractivity contribution is -0.143. The van der Waals surface area contributed by atoms with Crippen LogP contribution in [0.25, 0.3) is 6.08 Å². The number of rotatable bonds is 7. The Morgan fingerprint density at radius 2 is 2.00 bits per heavy atom. The third kappa shape index (κ3) is 4.92. The van der Waals surface area contributed by atoms with Gasteiger partial charge in [0.2, 0.25) is 5.91 Å². The Hall–Kier alpha value is -2.19. The van der Waals surface area contributed by atoms with Crippen molar-refractivity contribution in [2.75, 3.05) is 6.54 Å². The summed E-state index contributed by atoms with van der Waals surface area (Å²) < 4.78 is 0.280. The molecule has 1 saturated heterocycles. The first-order valence-corrected chi connectivity index (χ1v) is 9.38. The molecule has 1 aliphatic rings. The summed E-state index contributed by atoms with van der Waals surface area (Å²) in [6, 6.07) is 8.34. The lowest BCUT2D eigenvalue weighted by Crippen LogP contribution is -2.49. The Balaban J connectivity index is 2.06. The van der Waals surface area contributed by atoms with Crippen LogP contribution in [0.15, 0.2) is 35.2 Å². The molecule has 26 heavy (non-hydrogen) atoms. The average molecular weight is 393 g/mol. The molecule has 0 saturated carbocycles. The number of carboxylic acid groups (broad SMARTS) is 1. The summed E-state index contributed by atoms with van der Waals surface area (Å²) >= 11 is 6.33. The highest BCUT2D eigenvalue weighted by Crippen LogP contribution is 2.32. The van der Waals surface area contributed by atoms with E-state index in [1.807, 2.05) is 37.3 Å². The number of hydrogen-bond acceptors (Lipinski definition) is 5. The van der Waals surface area contributed by atoms with Gasteiger partial charge in [-0.1, -0.05) is 74.6 Å². The van der Waals surface area contributed by atoms with Gasteiger partial charge >= 0.3 is 5.97 Å². The number of benzene rings is 1. The Morgan fingerprint density at radius 3 is 2.58 bits per heavy atom. The zero-order valence-corrected chi connectivity index (χ0v) is 16.1. The van der Waals surface area contributed by atoms with E-state index in [1.165, 1.54) is 4.90 Å². The van der Waals surface area contributed by atoms with Gasteiger partial charge in [-0.25, -0.2) is 4.79 Å². The summed E-state index contributed by atoms with van der Waals surface area (Å²) in [6.45, 7) is 3.31. The SMILES string of the molecule is CCC(C)C(NC(=O)CN1C(=O)C(=Cc2ccccc2)SC1=S)C(=O)O. The quantitative estimate of drug-likeness (QED) is 0.548. The fraction of sp³-hybridized carbons (Fsp3) is 0.333. The molecule has 2 unspecified atom stereocenters. The molecule has 2 atom stereocenters. The maximum absolute atomic E-state index is 12.5. The fourth-order valence-electron chi connectivity index (χ4n) is 2.38. The molecule has 0 radical (unpaired) electrons. The van der Waals surface area contributed by atoms with E-state index in [9.17, 15) is 19.5 Å². The van der Waals surface area contributed by atoms with E-state index in [0.29, 0.717) is 11.3 Å². The molecule has 1 fully saturated rings. The van der Waals surface area contributed by atoms with Crippen molar-refractivity contribution in [1.29, 1.82) is 0 Å². The second-order valence-electron chi connectivity index (χ2n) is 5.95. The number of hydrogen-bond donors (Lipinski definition) is 2. The third-order valence-electron chi connectivity index (χ3n) is 4.07. The van der Waals surface area contributed by atoms with E-state index in [-0.39, 0.29) is 22.7 Å². The molecule has 1 heterocycles. The van der Waals surface area contributed by atoms with Crippen LogP contribution in [0.3, 0.4) is 0 Å². The first kappa shape index (κ1) is 20.1. The number of carbonyl (C=O) groups excluding carboxylic acids is 2. The predicted octanol–water partition coefficient (Wildman–Crippen LogP) is 2.50. The first-order chi connectivity index (χ1) is 12.3. The third-order valence-corrected chi connectivity index (χ3v) is 5.45. The Labute approximate surface area is 161 Å². The normalized spacial score (nSPS) is 18.1. The van der Waals surface area contributed by atoms with Crippen LogP contribution in [0.1, 0.15) is 25.8 Å². The van der Waals surface area contributed by atoms with Crippen molar-refractivity contribution in [2.24, 2.45) is 5.92 Å². The largest absolute Gasteiger partial charge is 0.480 e. The minimum Gasteiger partial charge on any atom is -0.480 e. The average Bonchev–Trinajstić information content (AvgIpc) is 2.87. The molecule has 8 heteroatoms. The number of thiocarbonyl (C=S) groups is 1. The highest BCUT2D eigenvalue weighted by atomic mass is 32.2. The Bertz CT molecular complexity index is 749. The number of nitrogens with one attached hydrogen (secondary N) is 1. The van der Waals surface area contributed by atoms with Crippen LogP contribution < -0.4 is 5.32 Å². The highest BCUT2D eigenvalue weighted by molar-refractivity contribution is 8.26. The van der Waals surface area contributed by atoms with Gasteiger partial charge in [-0.05, 0) is 17.6 Å². The van der Waals surface area contributed by atoms with Gasteiger partial charge in [0.05, 0.1) is 4.91 Å². The van der Waals surface area contributed by atoms with Crippen LogP contribution in [0.5, 0.6) is 0 Å². The monoisotopic (exact) mass is 392 g/mol. The molecule has 0 aromatic heterocycles. The van der Waals surface area contributed by atoms with E-state index in [1.54, 1.807) is 13.0 Å². The summed E-state index contributed by atoms with van der Waals surface area (Å²) in [5.41, 5.74) is 0.861. The van der Waals surface area contributed by atoms with Gasteiger partial charge in [0.15, 0.2) is 0 Å². The summed E-state index contributed by atoms with van der Waals surface area (Å²) in [5.74, 6) is -2.22. The van der Waals surface area contributed by atoms with Crippen LogP contribution in [-0.4, -0.2) is 44.7 Å². The van der Waals surface area contributed by atoms with E-state index < -0.39 is 17.9 Å². The van der Waals surface area contributed by atoms with Crippen molar-refractivity contribution < 1.29 is 19.5 Å². The maximum Gasteiger partial charge on any atom is 0.326 e. The lowest BCUT2D eigenvalue weighted by Gasteiger charge is -2.21. The summed E-state index contributed by atoms with van der Waals surface area (Å²) in [4.78, 5) is 37.7. The fourth-order valence-corrected chi connectivity index (χ4v) is 3.64. The Morgan fingerprint density at radius 1 is 1.35 bits per heavy atom. The second-order valence-corrected chi connectivity index (χ2v) is 7.62. The topological polar surface area (TPSA) is 86.7 Å². The van der Waals surface area contributed by atoms with E-state index >= 15 is 0 Å². The van der Waals surface area contributed by atoms with Crippen molar-refractivity contribution in [3.63, 3.8) is 0 Å². The number of carboxylic acids is 1. The van der Waals surface area contributed by atoms with Gasteiger partial charge < -0.3 is 10.4 Å². The zero-order valence-electron chi connectivity index (χ0n) is 14.5. The molecule has 6 nitrogen and oxygen atoms in total. The van der Waals surface area contributed by atoms with Crippen LogP contribution in [0.2, 0.25) is 0 Å². The molecule has 0 bridgehead atoms. The van der Waals surface area contributed by atoms with Crippen LogP contribution in [-0.2, 0) is 14.4 Å². The van der Waals surface area contributed by atoms with Gasteiger partial charge in [0, 0.05) is 0 Å². The maximum atomic E-state index is 12.5. The standard InChI is InChI=1S/C18H20N2O4S2/c1-3-11(2)15(17(23)24)19-14(21)10-20-16(22)13(26-18(20)25)9-12-7-5-4-6-8-12/h4-9,11,15H,3,10H2,1-2H3,(H,19,21)(H,23,24). The molecule has 2 N–H and O–H groups in total. The molecule has 1 aromatic rings. The first-order valence-electron chi connectivity index (χ1n) is 8.16. The summed E-state index contributed by atoms with van der Waals surface area (Å²) in [5, 5.41) is 11.7.